The predicted molar refractivity (Wildman–Crippen MR) is 90.5 cm³/mol. The lowest BCUT2D eigenvalue weighted by Gasteiger charge is -2.26. The third-order valence-electron chi connectivity index (χ3n) is 4.21. The summed E-state index contributed by atoms with van der Waals surface area (Å²) in [6.07, 6.45) is 0.528. The third-order valence-corrected chi connectivity index (χ3v) is 4.21. The van der Waals surface area contributed by atoms with Crippen molar-refractivity contribution in [2.24, 2.45) is 11.8 Å². The Bertz CT molecular complexity index is 484. The molecule has 0 heterocycles. The van der Waals surface area contributed by atoms with Gasteiger partial charge in [0.15, 0.2) is 0 Å². The van der Waals surface area contributed by atoms with E-state index in [1.54, 1.807) is 0 Å². The Kier molecular flexibility index (Phi) is 8.16. The topological polar surface area (TPSA) is 64.6 Å². The van der Waals surface area contributed by atoms with Crippen LogP contribution in [0, 0.1) is 11.8 Å². The molecule has 0 aliphatic heterocycles. The van der Waals surface area contributed by atoms with E-state index in [4.69, 9.17) is 4.74 Å². The van der Waals surface area contributed by atoms with Crippen LogP contribution in [0.4, 0.5) is 10.5 Å². The van der Waals surface area contributed by atoms with Crippen LogP contribution in [0.5, 0.6) is 0 Å². The summed E-state index contributed by atoms with van der Waals surface area (Å²) < 4.78 is 9.33. The van der Waals surface area contributed by atoms with Crippen LogP contribution in [0.1, 0.15) is 45.6 Å². The Labute approximate surface area is 138 Å². The molecule has 0 aliphatic carbocycles. The molecule has 0 bridgehead atoms. The molecule has 23 heavy (non-hydrogen) atoms. The number of amides is 1. The maximum absolute atomic E-state index is 11.6. The van der Waals surface area contributed by atoms with E-state index in [1.165, 1.54) is 5.56 Å². The molecule has 2 unspecified atom stereocenters. The van der Waals surface area contributed by atoms with Gasteiger partial charge in [0.25, 0.3) is 6.47 Å². The first-order valence-corrected chi connectivity index (χ1v) is 8.08. The molecule has 1 amide bonds. The number of carbonyl (C=O) groups is 2. The number of anilines is 1. The molecular weight excluding hydrogens is 294 g/mol. The van der Waals surface area contributed by atoms with Gasteiger partial charge in [-0.2, -0.15) is 0 Å². The first-order chi connectivity index (χ1) is 11.0. The molecule has 1 N–H and O–H groups in total. The summed E-state index contributed by atoms with van der Waals surface area (Å²) in [6, 6.07) is 7.87. The number of nitrogens with one attached hydrogen (secondary N) is 1. The van der Waals surface area contributed by atoms with E-state index in [-0.39, 0.29) is 13.2 Å². The second-order valence-corrected chi connectivity index (χ2v) is 5.97. The average molecular weight is 321 g/mol. The fraction of sp³-hybridized carbons (Fsp3) is 0.556. The van der Waals surface area contributed by atoms with Gasteiger partial charge >= 0.3 is 6.09 Å². The standard InChI is InChI=1S/C18H27NO4/c1-5-17(14(4)13(2)3)15-6-8-16(9-7-15)19-18(21)23-11-10-22-12-20/h6-9,12-14,17H,5,10-11H2,1-4H3,(H,19,21). The van der Waals surface area contributed by atoms with Crippen LogP contribution in [0.15, 0.2) is 24.3 Å². The number of hydrogen-bond acceptors (Lipinski definition) is 4. The number of hydrogen-bond donors (Lipinski definition) is 1. The van der Waals surface area contributed by atoms with Gasteiger partial charge in [0.2, 0.25) is 0 Å². The molecule has 0 saturated heterocycles. The van der Waals surface area contributed by atoms with Crippen molar-refractivity contribution in [1.82, 2.24) is 0 Å². The zero-order valence-electron chi connectivity index (χ0n) is 14.4. The quantitative estimate of drug-likeness (QED) is 0.547. The van der Waals surface area contributed by atoms with Gasteiger partial charge in [-0.1, -0.05) is 39.8 Å². The molecule has 1 aromatic rings. The number of rotatable bonds is 9. The maximum Gasteiger partial charge on any atom is 0.411 e. The fourth-order valence-electron chi connectivity index (χ4n) is 2.57. The van der Waals surface area contributed by atoms with Gasteiger partial charge in [0, 0.05) is 5.69 Å². The average Bonchev–Trinajstić information content (AvgIpc) is 2.53. The lowest BCUT2D eigenvalue weighted by atomic mass is 9.79. The molecule has 0 fully saturated rings. The molecule has 0 radical (unpaired) electrons. The van der Waals surface area contributed by atoms with E-state index >= 15 is 0 Å². The van der Waals surface area contributed by atoms with Crippen LogP contribution < -0.4 is 5.32 Å². The first-order valence-electron chi connectivity index (χ1n) is 8.08. The highest BCUT2D eigenvalue weighted by Crippen LogP contribution is 2.33. The molecule has 0 aromatic heterocycles. The summed E-state index contributed by atoms with van der Waals surface area (Å²) in [5.74, 6) is 1.74. The molecular formula is C18H27NO4. The summed E-state index contributed by atoms with van der Waals surface area (Å²) in [4.78, 5) is 21.5. The molecule has 0 aliphatic rings. The largest absolute Gasteiger partial charge is 0.464 e. The van der Waals surface area contributed by atoms with Gasteiger partial charge in [0.05, 0.1) is 0 Å². The van der Waals surface area contributed by atoms with Crippen LogP contribution in [0.3, 0.4) is 0 Å². The molecule has 0 spiro atoms. The maximum atomic E-state index is 11.6. The Hall–Kier alpha value is -2.04. The van der Waals surface area contributed by atoms with Crippen molar-refractivity contribution in [3.05, 3.63) is 29.8 Å². The minimum Gasteiger partial charge on any atom is -0.464 e. The Balaban J connectivity index is 2.58. The second kappa shape index (κ2) is 9.87. The molecule has 5 heteroatoms. The summed E-state index contributed by atoms with van der Waals surface area (Å²) in [5.41, 5.74) is 1.97. The lowest BCUT2D eigenvalue weighted by molar-refractivity contribution is -0.129. The SMILES string of the molecule is CCC(c1ccc(NC(=O)OCCOC=O)cc1)C(C)C(C)C. The fourth-order valence-corrected chi connectivity index (χ4v) is 2.57. The van der Waals surface area contributed by atoms with Gasteiger partial charge in [-0.25, -0.2) is 4.79 Å². The van der Waals surface area contributed by atoms with Crippen LogP contribution >= 0.6 is 0 Å². The highest BCUT2D eigenvalue weighted by atomic mass is 16.6. The number of benzene rings is 1. The van der Waals surface area contributed by atoms with Crippen molar-refractivity contribution < 1.29 is 19.1 Å². The highest BCUT2D eigenvalue weighted by Gasteiger charge is 2.20. The Morgan fingerprint density at radius 1 is 1.17 bits per heavy atom. The van der Waals surface area contributed by atoms with Gasteiger partial charge < -0.3 is 9.47 Å². The number of ether oxygens (including phenoxy) is 2. The van der Waals surface area contributed by atoms with E-state index in [0.29, 0.717) is 29.9 Å². The molecule has 5 nitrogen and oxygen atoms in total. The smallest absolute Gasteiger partial charge is 0.411 e. The monoisotopic (exact) mass is 321 g/mol. The molecule has 1 aromatic carbocycles. The zero-order valence-corrected chi connectivity index (χ0v) is 14.4. The third kappa shape index (κ3) is 6.30. The first kappa shape index (κ1) is 19.0. The van der Waals surface area contributed by atoms with Crippen molar-refractivity contribution in [3.8, 4) is 0 Å². The summed E-state index contributed by atoms with van der Waals surface area (Å²) in [6.45, 7) is 9.38. The normalized spacial score (nSPS) is 13.3. The number of carbonyl (C=O) groups excluding carboxylic acids is 2. The van der Waals surface area contributed by atoms with Crippen molar-refractivity contribution >= 4 is 18.3 Å². The van der Waals surface area contributed by atoms with Crippen LogP contribution in [-0.2, 0) is 14.3 Å². The second-order valence-electron chi connectivity index (χ2n) is 5.97. The lowest BCUT2D eigenvalue weighted by Crippen LogP contribution is -2.17. The summed E-state index contributed by atoms with van der Waals surface area (Å²) in [7, 11) is 0. The Morgan fingerprint density at radius 3 is 2.35 bits per heavy atom. The van der Waals surface area contributed by atoms with E-state index in [0.717, 1.165) is 6.42 Å². The van der Waals surface area contributed by atoms with E-state index < -0.39 is 6.09 Å². The summed E-state index contributed by atoms with van der Waals surface area (Å²) in [5, 5.41) is 2.65. The van der Waals surface area contributed by atoms with Crippen molar-refractivity contribution in [1.29, 1.82) is 0 Å². The van der Waals surface area contributed by atoms with Gasteiger partial charge in [0.1, 0.15) is 13.2 Å². The minimum atomic E-state index is -0.560. The van der Waals surface area contributed by atoms with Crippen molar-refractivity contribution in [2.75, 3.05) is 18.5 Å². The predicted octanol–water partition coefficient (Wildman–Crippen LogP) is 4.19. The molecule has 128 valence electrons. The highest BCUT2D eigenvalue weighted by molar-refractivity contribution is 5.84. The minimum absolute atomic E-state index is 0.0342. The zero-order chi connectivity index (χ0) is 17.2. The Morgan fingerprint density at radius 2 is 1.83 bits per heavy atom. The van der Waals surface area contributed by atoms with E-state index in [2.05, 4.69) is 49.9 Å². The van der Waals surface area contributed by atoms with Gasteiger partial charge in [-0.3, -0.25) is 10.1 Å². The molecule has 0 saturated carbocycles. The molecule has 2 atom stereocenters. The van der Waals surface area contributed by atoms with E-state index in [9.17, 15) is 9.59 Å². The van der Waals surface area contributed by atoms with Crippen molar-refractivity contribution in [3.63, 3.8) is 0 Å². The molecule has 1 rings (SSSR count). The summed E-state index contributed by atoms with van der Waals surface area (Å²) >= 11 is 0. The van der Waals surface area contributed by atoms with Crippen LogP contribution in [-0.4, -0.2) is 25.8 Å². The van der Waals surface area contributed by atoms with Crippen LogP contribution in [0.25, 0.3) is 0 Å². The van der Waals surface area contributed by atoms with Gasteiger partial charge in [-0.15, -0.1) is 0 Å². The van der Waals surface area contributed by atoms with E-state index in [1.807, 2.05) is 12.1 Å². The van der Waals surface area contributed by atoms with Crippen LogP contribution in [0.2, 0.25) is 0 Å². The van der Waals surface area contributed by atoms with Crippen molar-refractivity contribution in [2.45, 2.75) is 40.0 Å². The van der Waals surface area contributed by atoms with Gasteiger partial charge in [-0.05, 0) is 41.9 Å².